The summed E-state index contributed by atoms with van der Waals surface area (Å²) in [4.78, 5) is 54.3. The minimum atomic E-state index is -1.29. The topological polar surface area (TPSA) is 152 Å². The summed E-state index contributed by atoms with van der Waals surface area (Å²) in [6, 6.07) is -0.887. The number of esters is 1. The Morgan fingerprint density at radius 2 is 2.16 bits per heavy atom. The number of nitrogens with zero attached hydrogens (tertiary/aromatic N) is 2. The van der Waals surface area contributed by atoms with Gasteiger partial charge in [-0.1, -0.05) is 6.08 Å². The van der Waals surface area contributed by atoms with E-state index in [1.54, 1.807) is 5.38 Å². The molecule has 0 bridgehead atoms. The Labute approximate surface area is 194 Å². The number of carboxylic acids is 1. The number of ether oxygens (including phenoxy) is 1. The second-order valence-electron chi connectivity index (χ2n) is 6.98. The minimum absolute atomic E-state index is 0.202. The number of hydrogen-bond acceptors (Lipinski definition) is 10. The summed E-state index contributed by atoms with van der Waals surface area (Å²) < 4.78 is 4.92. The van der Waals surface area contributed by atoms with Gasteiger partial charge in [0.1, 0.15) is 23.7 Å². The highest BCUT2D eigenvalue weighted by atomic mass is 32.2. The van der Waals surface area contributed by atoms with Crippen molar-refractivity contribution in [1.82, 2.24) is 15.2 Å². The number of amides is 2. The molecule has 1 aromatic rings. The Kier molecular flexibility index (Phi) is 6.31. The molecule has 3 aliphatic heterocycles. The van der Waals surface area contributed by atoms with Gasteiger partial charge in [0.2, 0.25) is 0 Å². The van der Waals surface area contributed by atoms with E-state index in [9.17, 15) is 24.3 Å². The van der Waals surface area contributed by atoms with Crippen molar-refractivity contribution < 1.29 is 29.0 Å². The second-order valence-corrected chi connectivity index (χ2v) is 9.87. The van der Waals surface area contributed by atoms with E-state index in [1.807, 2.05) is 11.5 Å². The molecule has 4 heterocycles. The van der Waals surface area contributed by atoms with Gasteiger partial charge in [0.05, 0.1) is 11.3 Å². The van der Waals surface area contributed by atoms with Crippen molar-refractivity contribution in [2.45, 2.75) is 18.3 Å². The van der Waals surface area contributed by atoms with Crippen molar-refractivity contribution >= 4 is 69.3 Å². The summed E-state index contributed by atoms with van der Waals surface area (Å²) >= 11 is 4.05. The van der Waals surface area contributed by atoms with Gasteiger partial charge in [-0.15, -0.1) is 34.9 Å². The molecule has 1 unspecified atom stereocenters. The van der Waals surface area contributed by atoms with Gasteiger partial charge in [0.25, 0.3) is 11.8 Å². The molecular formula is C19H18N4O6S3. The summed E-state index contributed by atoms with van der Waals surface area (Å²) in [5.41, 5.74) is 7.42. The van der Waals surface area contributed by atoms with Crippen LogP contribution < -0.4 is 11.1 Å². The smallest absolute Gasteiger partial charge is 0.352 e. The first-order chi connectivity index (χ1) is 15.3. The molecule has 1 fully saturated rings. The number of fused-ring (bicyclic) bond motifs is 1. The highest BCUT2D eigenvalue weighted by Crippen LogP contribution is 2.41. The first kappa shape index (κ1) is 22.4. The lowest BCUT2D eigenvalue weighted by atomic mass is 10.0. The normalized spacial score (nSPS) is 23.5. The van der Waals surface area contributed by atoms with Gasteiger partial charge in [0.15, 0.2) is 5.13 Å². The van der Waals surface area contributed by atoms with Gasteiger partial charge < -0.3 is 20.9 Å². The molecule has 0 saturated carbocycles. The number of β-lactam (4-membered cyclic amide) rings is 1. The van der Waals surface area contributed by atoms with Crippen LogP contribution in [0, 0.1) is 0 Å². The van der Waals surface area contributed by atoms with Crippen molar-refractivity contribution in [3.63, 3.8) is 0 Å². The number of allylic oxidation sites excluding steroid dienone is 1. The number of carbonyl (C=O) groups excluding carboxylic acids is 3. The molecule has 0 spiro atoms. The van der Waals surface area contributed by atoms with Crippen LogP contribution in [-0.4, -0.2) is 68.3 Å². The molecule has 32 heavy (non-hydrogen) atoms. The maximum Gasteiger partial charge on any atom is 0.352 e. The monoisotopic (exact) mass is 494 g/mol. The molecule has 1 aromatic heterocycles. The number of carbonyl (C=O) groups is 4. The molecule has 168 valence electrons. The third-order valence-electron chi connectivity index (χ3n) is 4.92. The summed E-state index contributed by atoms with van der Waals surface area (Å²) in [5, 5.41) is 15.7. The van der Waals surface area contributed by atoms with Gasteiger partial charge in [-0.25, -0.2) is 9.78 Å². The van der Waals surface area contributed by atoms with Crippen LogP contribution in [0.25, 0.3) is 5.57 Å². The van der Waals surface area contributed by atoms with E-state index in [0.717, 1.165) is 10.5 Å². The van der Waals surface area contributed by atoms with Crippen LogP contribution in [-0.2, 0) is 23.9 Å². The van der Waals surface area contributed by atoms with Crippen LogP contribution in [0.15, 0.2) is 33.7 Å². The lowest BCUT2D eigenvalue weighted by Gasteiger charge is -2.49. The highest BCUT2D eigenvalue weighted by Gasteiger charge is 2.54. The molecule has 0 aliphatic carbocycles. The SMILES string of the molecule is CC(=O)OCC1=C(C(=O)O)N2C(=O)C(NC(=O)C(=C3C=CSC3)c3csc(N)n3)[C@@H]2SC1. The van der Waals surface area contributed by atoms with Gasteiger partial charge >= 0.3 is 11.9 Å². The number of nitrogen functional groups attached to an aromatic ring is 1. The first-order valence-corrected chi connectivity index (χ1v) is 12.3. The number of nitrogens with one attached hydrogen (secondary N) is 1. The largest absolute Gasteiger partial charge is 0.477 e. The fourth-order valence-electron chi connectivity index (χ4n) is 3.50. The van der Waals surface area contributed by atoms with Crippen molar-refractivity contribution in [2.75, 3.05) is 23.8 Å². The number of carboxylic acid groups (broad SMARTS) is 1. The Bertz CT molecular complexity index is 1110. The fourth-order valence-corrected chi connectivity index (χ4v) is 6.16. The summed E-state index contributed by atoms with van der Waals surface area (Å²) in [6.45, 7) is 1.02. The second kappa shape index (κ2) is 9.00. The Hall–Kier alpha value is -2.77. The van der Waals surface area contributed by atoms with Gasteiger partial charge in [-0.05, 0) is 11.0 Å². The summed E-state index contributed by atoms with van der Waals surface area (Å²) in [5.74, 6) is -1.99. The van der Waals surface area contributed by atoms with Crippen LogP contribution in [0.4, 0.5) is 5.13 Å². The van der Waals surface area contributed by atoms with E-state index in [2.05, 4.69) is 10.3 Å². The van der Waals surface area contributed by atoms with Gasteiger partial charge in [-0.2, -0.15) is 0 Å². The zero-order chi connectivity index (χ0) is 23.0. The number of rotatable bonds is 6. The quantitative estimate of drug-likeness (QED) is 0.297. The summed E-state index contributed by atoms with van der Waals surface area (Å²) in [7, 11) is 0. The summed E-state index contributed by atoms with van der Waals surface area (Å²) in [6.07, 6.45) is 1.83. The van der Waals surface area contributed by atoms with Crippen LogP contribution in [0.5, 0.6) is 0 Å². The zero-order valence-corrected chi connectivity index (χ0v) is 19.1. The molecule has 2 atom stereocenters. The van der Waals surface area contributed by atoms with Crippen LogP contribution in [0.1, 0.15) is 12.6 Å². The average Bonchev–Trinajstić information content (AvgIpc) is 3.42. The zero-order valence-electron chi connectivity index (χ0n) is 16.7. The van der Waals surface area contributed by atoms with Gasteiger partial charge in [0, 0.05) is 29.4 Å². The maximum absolute atomic E-state index is 13.2. The van der Waals surface area contributed by atoms with Gasteiger partial charge in [-0.3, -0.25) is 19.3 Å². The number of hydrogen-bond donors (Lipinski definition) is 3. The Morgan fingerprint density at radius 1 is 1.38 bits per heavy atom. The van der Waals surface area contributed by atoms with E-state index in [4.69, 9.17) is 10.5 Å². The molecule has 1 saturated heterocycles. The first-order valence-electron chi connectivity index (χ1n) is 9.34. The molecule has 2 amide bonds. The molecule has 3 aliphatic rings. The third-order valence-corrected chi connectivity index (χ3v) is 7.74. The van der Waals surface area contributed by atoms with Crippen LogP contribution in [0.3, 0.4) is 0 Å². The van der Waals surface area contributed by atoms with E-state index in [0.29, 0.717) is 27.7 Å². The number of nitrogens with two attached hydrogens (primary N) is 1. The third kappa shape index (κ3) is 4.14. The molecule has 0 radical (unpaired) electrons. The van der Waals surface area contributed by atoms with E-state index in [1.165, 1.54) is 41.8 Å². The van der Waals surface area contributed by atoms with E-state index in [-0.39, 0.29) is 18.1 Å². The van der Waals surface area contributed by atoms with Crippen molar-refractivity contribution in [2.24, 2.45) is 0 Å². The molecule has 4 N–H and O–H groups in total. The molecule has 0 aromatic carbocycles. The maximum atomic E-state index is 13.2. The van der Waals surface area contributed by atoms with Crippen LogP contribution >= 0.6 is 34.9 Å². The van der Waals surface area contributed by atoms with Crippen molar-refractivity contribution in [3.8, 4) is 0 Å². The number of aromatic nitrogens is 1. The number of thioether (sulfide) groups is 2. The molecule has 10 nitrogen and oxygen atoms in total. The average molecular weight is 495 g/mol. The fraction of sp³-hybridized carbons (Fsp3) is 0.316. The standard InChI is InChI=1S/C19H18N4O6S3/c1-8(24)29-4-10-6-31-17-13(16(26)23(17)14(10)18(27)28)22-15(25)12(9-2-3-30-5-9)11-7-32-19(20)21-11/h2-3,7,13,17H,4-6H2,1H3,(H2,20,21)(H,22,25)(H,27,28)/t13?,17-/m0/s1. The lowest BCUT2D eigenvalue weighted by molar-refractivity contribution is -0.150. The molecule has 13 heteroatoms. The van der Waals surface area contributed by atoms with Crippen LogP contribution in [0.2, 0.25) is 0 Å². The Morgan fingerprint density at radius 3 is 2.75 bits per heavy atom. The predicted molar refractivity (Wildman–Crippen MR) is 121 cm³/mol. The molecular weight excluding hydrogens is 476 g/mol. The minimum Gasteiger partial charge on any atom is -0.477 e. The molecule has 4 rings (SSSR count). The number of thiazole rings is 1. The number of anilines is 1. The highest BCUT2D eigenvalue weighted by molar-refractivity contribution is 8.02. The number of aliphatic carboxylic acids is 1. The van der Waals surface area contributed by atoms with Crippen molar-refractivity contribution in [3.05, 3.63) is 39.4 Å². The van der Waals surface area contributed by atoms with Crippen molar-refractivity contribution in [1.29, 1.82) is 0 Å². The Balaban J connectivity index is 1.55. The van der Waals surface area contributed by atoms with E-state index < -0.39 is 35.2 Å². The predicted octanol–water partition coefficient (Wildman–Crippen LogP) is 1.04. The van der Waals surface area contributed by atoms with E-state index >= 15 is 0 Å². The lowest BCUT2D eigenvalue weighted by Crippen LogP contribution is -2.70.